The number of para-hydroxylation sites is 1. The van der Waals surface area contributed by atoms with E-state index >= 15 is 0 Å². The largest absolute Gasteiger partial charge is 0.345 e. The number of benzene rings is 2. The highest BCUT2D eigenvalue weighted by atomic mass is 16.2. The van der Waals surface area contributed by atoms with E-state index in [1.807, 2.05) is 36.1 Å². The fourth-order valence-corrected chi connectivity index (χ4v) is 3.42. The van der Waals surface area contributed by atoms with Gasteiger partial charge < -0.3 is 14.8 Å². The lowest BCUT2D eigenvalue weighted by atomic mass is 10.1. The van der Waals surface area contributed by atoms with Crippen LogP contribution in [0.3, 0.4) is 0 Å². The number of anilines is 1. The molecule has 3 aromatic rings. The number of aryl methyl sites for hydroxylation is 2. The average molecular weight is 390 g/mol. The lowest BCUT2D eigenvalue weighted by Gasteiger charge is -2.24. The summed E-state index contributed by atoms with van der Waals surface area (Å²) < 4.78 is 2.24. The molecule has 0 aliphatic carbocycles. The first-order valence-electron chi connectivity index (χ1n) is 10.4. The molecule has 1 heterocycles. The van der Waals surface area contributed by atoms with Crippen molar-refractivity contribution < 1.29 is 4.79 Å². The number of nitrogens with zero attached hydrogens (tertiary/aromatic N) is 2. The highest BCUT2D eigenvalue weighted by Crippen LogP contribution is 2.17. The van der Waals surface area contributed by atoms with Crippen LogP contribution < -0.4 is 5.32 Å². The summed E-state index contributed by atoms with van der Waals surface area (Å²) in [5.74, 6) is 0. The molecule has 0 saturated carbocycles. The molecule has 152 valence electrons. The Morgan fingerprint density at radius 2 is 1.69 bits per heavy atom. The van der Waals surface area contributed by atoms with Gasteiger partial charge >= 0.3 is 6.03 Å². The number of unbranched alkanes of at least 4 members (excludes halogenated alkanes) is 1. The molecule has 1 aromatic heterocycles. The van der Waals surface area contributed by atoms with E-state index in [-0.39, 0.29) is 6.03 Å². The van der Waals surface area contributed by atoms with Gasteiger partial charge in [-0.25, -0.2) is 4.79 Å². The van der Waals surface area contributed by atoms with Gasteiger partial charge in [-0.15, -0.1) is 0 Å². The predicted octanol–water partition coefficient (Wildman–Crippen LogP) is 5.99. The van der Waals surface area contributed by atoms with Crippen LogP contribution >= 0.6 is 0 Å². The molecule has 0 atom stereocenters. The second-order valence-electron chi connectivity index (χ2n) is 7.57. The number of amides is 2. The minimum absolute atomic E-state index is 0.0450. The maximum atomic E-state index is 13.0. The first-order chi connectivity index (χ1) is 14.1. The summed E-state index contributed by atoms with van der Waals surface area (Å²) in [5, 5.41) is 3.09. The highest BCUT2D eigenvalue weighted by Gasteiger charge is 2.16. The third-order valence-corrected chi connectivity index (χ3v) is 5.33. The number of rotatable bonds is 8. The van der Waals surface area contributed by atoms with Crippen LogP contribution in [0, 0.1) is 13.8 Å². The van der Waals surface area contributed by atoms with E-state index in [4.69, 9.17) is 0 Å². The number of aromatic nitrogens is 1. The summed E-state index contributed by atoms with van der Waals surface area (Å²) in [5.41, 5.74) is 5.67. The minimum Gasteiger partial charge on any atom is -0.345 e. The van der Waals surface area contributed by atoms with Gasteiger partial charge in [-0.05, 0) is 55.2 Å². The molecule has 0 radical (unpaired) electrons. The van der Waals surface area contributed by atoms with E-state index in [1.54, 1.807) is 0 Å². The van der Waals surface area contributed by atoms with Crippen LogP contribution in [0.1, 0.15) is 42.1 Å². The number of carbonyl (C=O) groups is 1. The number of urea groups is 1. The third kappa shape index (κ3) is 5.50. The Balaban J connectivity index is 1.75. The SMILES string of the molecule is CCCCN(Cc1cccn1Cc1ccccc1C)C(=O)Nc1ccccc1C. The van der Waals surface area contributed by atoms with Gasteiger partial charge in [-0.3, -0.25) is 0 Å². The first-order valence-corrected chi connectivity index (χ1v) is 10.4. The van der Waals surface area contributed by atoms with Crippen molar-refractivity contribution in [3.8, 4) is 0 Å². The Morgan fingerprint density at radius 3 is 2.41 bits per heavy atom. The van der Waals surface area contributed by atoms with Gasteiger partial charge in [0, 0.05) is 30.7 Å². The van der Waals surface area contributed by atoms with Gasteiger partial charge in [0.05, 0.1) is 6.54 Å². The van der Waals surface area contributed by atoms with Crippen molar-refractivity contribution in [3.05, 3.63) is 89.2 Å². The second-order valence-corrected chi connectivity index (χ2v) is 7.57. The lowest BCUT2D eigenvalue weighted by Crippen LogP contribution is -2.36. The van der Waals surface area contributed by atoms with Gasteiger partial charge in [-0.2, -0.15) is 0 Å². The molecule has 4 nitrogen and oxygen atoms in total. The van der Waals surface area contributed by atoms with Crippen LogP contribution in [0.5, 0.6) is 0 Å². The molecule has 2 aromatic carbocycles. The molecule has 0 aliphatic rings. The number of hydrogen-bond acceptors (Lipinski definition) is 1. The Bertz CT molecular complexity index is 945. The van der Waals surface area contributed by atoms with E-state index in [9.17, 15) is 4.79 Å². The summed E-state index contributed by atoms with van der Waals surface area (Å²) in [4.78, 5) is 14.9. The first kappa shape index (κ1) is 20.7. The molecule has 0 aliphatic heterocycles. The molecule has 2 amide bonds. The molecule has 0 fully saturated rings. The molecule has 1 N–H and O–H groups in total. The van der Waals surface area contributed by atoms with Crippen LogP contribution in [-0.2, 0) is 13.1 Å². The molecule has 29 heavy (non-hydrogen) atoms. The maximum absolute atomic E-state index is 13.0. The van der Waals surface area contributed by atoms with Gasteiger partial charge in [0.15, 0.2) is 0 Å². The monoisotopic (exact) mass is 389 g/mol. The van der Waals surface area contributed by atoms with E-state index in [0.29, 0.717) is 6.54 Å². The zero-order chi connectivity index (χ0) is 20.6. The Labute approximate surface area is 174 Å². The quantitative estimate of drug-likeness (QED) is 0.505. The molecule has 0 bridgehead atoms. The van der Waals surface area contributed by atoms with Crippen LogP contribution in [-0.4, -0.2) is 22.0 Å². The molecular formula is C25H31N3O. The molecular weight excluding hydrogens is 358 g/mol. The normalized spacial score (nSPS) is 10.7. The fourth-order valence-electron chi connectivity index (χ4n) is 3.42. The lowest BCUT2D eigenvalue weighted by molar-refractivity contribution is 0.207. The van der Waals surface area contributed by atoms with E-state index in [0.717, 1.165) is 42.9 Å². The standard InChI is InChI=1S/C25H31N3O/c1-4-5-16-28(25(29)26-24-15-9-7-12-21(24)3)19-23-14-10-17-27(23)18-22-13-8-6-11-20(22)2/h6-15,17H,4-5,16,18-19H2,1-3H3,(H,26,29). The van der Waals surface area contributed by atoms with Crippen molar-refractivity contribution in [3.63, 3.8) is 0 Å². The summed E-state index contributed by atoms with van der Waals surface area (Å²) in [6.07, 6.45) is 4.14. The van der Waals surface area contributed by atoms with E-state index in [2.05, 4.69) is 66.3 Å². The average Bonchev–Trinajstić information content (AvgIpc) is 3.15. The van der Waals surface area contributed by atoms with Crippen LogP contribution in [0.4, 0.5) is 10.5 Å². The van der Waals surface area contributed by atoms with E-state index in [1.165, 1.54) is 11.1 Å². The Kier molecular flexibility index (Phi) is 7.12. The minimum atomic E-state index is -0.0450. The van der Waals surface area contributed by atoms with Crippen molar-refractivity contribution in [1.29, 1.82) is 0 Å². The highest BCUT2D eigenvalue weighted by molar-refractivity contribution is 5.90. The van der Waals surface area contributed by atoms with Crippen molar-refractivity contribution in [2.75, 3.05) is 11.9 Å². The maximum Gasteiger partial charge on any atom is 0.322 e. The third-order valence-electron chi connectivity index (χ3n) is 5.33. The van der Waals surface area contributed by atoms with Crippen LogP contribution in [0.25, 0.3) is 0 Å². The van der Waals surface area contributed by atoms with Crippen LogP contribution in [0.2, 0.25) is 0 Å². The summed E-state index contributed by atoms with van der Waals surface area (Å²) in [6, 6.07) is 20.5. The molecule has 0 saturated heterocycles. The zero-order valence-electron chi connectivity index (χ0n) is 17.7. The van der Waals surface area contributed by atoms with Crippen molar-refractivity contribution >= 4 is 11.7 Å². The van der Waals surface area contributed by atoms with Gasteiger partial charge in [0.25, 0.3) is 0 Å². The zero-order valence-corrected chi connectivity index (χ0v) is 17.7. The smallest absolute Gasteiger partial charge is 0.322 e. The topological polar surface area (TPSA) is 37.3 Å². The molecule has 3 rings (SSSR count). The Hall–Kier alpha value is -3.01. The van der Waals surface area contributed by atoms with E-state index < -0.39 is 0 Å². The molecule has 0 spiro atoms. The number of hydrogen-bond donors (Lipinski definition) is 1. The second kappa shape index (κ2) is 9.97. The van der Waals surface area contributed by atoms with Crippen molar-refractivity contribution in [2.45, 2.75) is 46.7 Å². The van der Waals surface area contributed by atoms with Gasteiger partial charge in [-0.1, -0.05) is 55.8 Å². The summed E-state index contributed by atoms with van der Waals surface area (Å²) >= 11 is 0. The number of nitrogens with one attached hydrogen (secondary N) is 1. The van der Waals surface area contributed by atoms with Crippen molar-refractivity contribution in [1.82, 2.24) is 9.47 Å². The Morgan fingerprint density at radius 1 is 0.966 bits per heavy atom. The summed E-state index contributed by atoms with van der Waals surface area (Å²) in [7, 11) is 0. The van der Waals surface area contributed by atoms with Crippen LogP contribution in [0.15, 0.2) is 66.9 Å². The fraction of sp³-hybridized carbons (Fsp3) is 0.320. The number of carbonyl (C=O) groups excluding carboxylic acids is 1. The van der Waals surface area contributed by atoms with Crippen molar-refractivity contribution in [2.24, 2.45) is 0 Å². The predicted molar refractivity (Wildman–Crippen MR) is 120 cm³/mol. The molecule has 0 unspecified atom stereocenters. The van der Waals surface area contributed by atoms with Gasteiger partial charge in [0.2, 0.25) is 0 Å². The van der Waals surface area contributed by atoms with Gasteiger partial charge in [0.1, 0.15) is 0 Å². The summed E-state index contributed by atoms with van der Waals surface area (Å²) in [6.45, 7) is 8.45. The molecule has 4 heteroatoms.